The number of morpholine rings is 2. The van der Waals surface area contributed by atoms with E-state index in [0.29, 0.717) is 6.54 Å². The summed E-state index contributed by atoms with van der Waals surface area (Å²) in [5.41, 5.74) is 3.48. The topological polar surface area (TPSA) is 66.1 Å². The van der Waals surface area contributed by atoms with Crippen molar-refractivity contribution in [2.75, 3.05) is 45.9 Å². The van der Waals surface area contributed by atoms with Gasteiger partial charge in [0, 0.05) is 45.8 Å². The van der Waals surface area contributed by atoms with Crippen molar-refractivity contribution in [3.63, 3.8) is 0 Å². The van der Waals surface area contributed by atoms with E-state index in [2.05, 4.69) is 70.7 Å². The highest BCUT2D eigenvalue weighted by Crippen LogP contribution is 2.16. The summed E-state index contributed by atoms with van der Waals surface area (Å²) >= 11 is 0. The molecule has 2 amide bonds. The van der Waals surface area contributed by atoms with E-state index in [-0.39, 0.29) is 24.3 Å². The fraction of sp³-hybridized carbons (Fsp3) is 0.519. The van der Waals surface area contributed by atoms with Crippen LogP contribution in [0, 0.1) is 0 Å². The van der Waals surface area contributed by atoms with Crippen LogP contribution in [0.2, 0.25) is 0 Å². The molecule has 184 valence electrons. The molecule has 2 N–H and O–H groups in total. The molecule has 0 spiro atoms. The lowest BCUT2D eigenvalue weighted by molar-refractivity contribution is -0.0704. The lowest BCUT2D eigenvalue weighted by Gasteiger charge is -2.35. The number of benzene rings is 2. The maximum absolute atomic E-state index is 12.7. The SMILES string of the molecule is CC1CN(Cc2ccc(CNC(=O)NC(CN3CCOCC3)c3ccccc3)cc2)CC(C)O1. The normalized spacial score (nSPS) is 22.8. The van der Waals surface area contributed by atoms with E-state index in [1.165, 1.54) is 5.56 Å². The van der Waals surface area contributed by atoms with Crippen molar-refractivity contribution >= 4 is 6.03 Å². The predicted molar refractivity (Wildman–Crippen MR) is 134 cm³/mol. The Hall–Kier alpha value is -2.45. The smallest absolute Gasteiger partial charge is 0.315 e. The first kappa shape index (κ1) is 24.7. The highest BCUT2D eigenvalue weighted by molar-refractivity contribution is 5.74. The van der Waals surface area contributed by atoms with E-state index in [9.17, 15) is 4.79 Å². The Morgan fingerprint density at radius 1 is 0.941 bits per heavy atom. The summed E-state index contributed by atoms with van der Waals surface area (Å²) in [6.07, 6.45) is 0.544. The van der Waals surface area contributed by atoms with Crippen LogP contribution in [0.1, 0.15) is 36.6 Å². The molecule has 2 heterocycles. The van der Waals surface area contributed by atoms with Gasteiger partial charge in [-0.25, -0.2) is 4.79 Å². The number of ether oxygens (including phenoxy) is 2. The summed E-state index contributed by atoms with van der Waals surface area (Å²) in [7, 11) is 0. The molecule has 0 aromatic heterocycles. The maximum atomic E-state index is 12.7. The van der Waals surface area contributed by atoms with Gasteiger partial charge < -0.3 is 20.1 Å². The lowest BCUT2D eigenvalue weighted by atomic mass is 10.1. The van der Waals surface area contributed by atoms with Gasteiger partial charge in [-0.1, -0.05) is 54.6 Å². The number of rotatable bonds is 8. The van der Waals surface area contributed by atoms with Crippen LogP contribution in [0.5, 0.6) is 0 Å². The van der Waals surface area contributed by atoms with Crippen LogP contribution in [0.25, 0.3) is 0 Å². The molecule has 0 bridgehead atoms. The van der Waals surface area contributed by atoms with Gasteiger partial charge in [0.2, 0.25) is 0 Å². The third kappa shape index (κ3) is 7.53. The zero-order valence-corrected chi connectivity index (χ0v) is 20.4. The van der Waals surface area contributed by atoms with Crippen molar-refractivity contribution in [3.8, 4) is 0 Å². The standard InChI is InChI=1S/C27H38N4O3/c1-21-17-31(18-22(2)34-21)19-24-10-8-23(9-11-24)16-28-27(32)29-26(25-6-4-3-5-7-25)20-30-12-14-33-15-13-30/h3-11,21-22,26H,12-20H2,1-2H3,(H2,28,29,32). The van der Waals surface area contributed by atoms with E-state index in [4.69, 9.17) is 9.47 Å². The number of urea groups is 1. The molecule has 2 saturated heterocycles. The molecular formula is C27H38N4O3. The summed E-state index contributed by atoms with van der Waals surface area (Å²) in [5, 5.41) is 6.20. The molecule has 2 aliphatic heterocycles. The monoisotopic (exact) mass is 466 g/mol. The fourth-order valence-corrected chi connectivity index (χ4v) is 4.79. The Morgan fingerprint density at radius 3 is 2.26 bits per heavy atom. The van der Waals surface area contributed by atoms with E-state index in [0.717, 1.165) is 63.6 Å². The number of carbonyl (C=O) groups excluding carboxylic acids is 1. The van der Waals surface area contributed by atoms with Crippen molar-refractivity contribution in [1.29, 1.82) is 0 Å². The summed E-state index contributed by atoms with van der Waals surface area (Å²) in [5.74, 6) is 0. The van der Waals surface area contributed by atoms with E-state index >= 15 is 0 Å². The van der Waals surface area contributed by atoms with Crippen LogP contribution in [0.4, 0.5) is 4.79 Å². The Balaban J connectivity index is 1.27. The average Bonchev–Trinajstić information content (AvgIpc) is 2.84. The highest BCUT2D eigenvalue weighted by Gasteiger charge is 2.22. The van der Waals surface area contributed by atoms with Gasteiger partial charge in [0.15, 0.2) is 0 Å². The number of hydrogen-bond donors (Lipinski definition) is 2. The Kier molecular flexibility index (Phi) is 8.93. The minimum absolute atomic E-state index is 0.0695. The molecule has 0 saturated carbocycles. The van der Waals surface area contributed by atoms with Gasteiger partial charge in [0.05, 0.1) is 31.5 Å². The summed E-state index contributed by atoms with van der Waals surface area (Å²) in [6, 6.07) is 18.5. The zero-order chi connectivity index (χ0) is 23.8. The summed E-state index contributed by atoms with van der Waals surface area (Å²) in [4.78, 5) is 17.5. The first-order chi connectivity index (χ1) is 16.5. The molecule has 3 unspecified atom stereocenters. The first-order valence-corrected chi connectivity index (χ1v) is 12.4. The number of hydrogen-bond acceptors (Lipinski definition) is 5. The molecule has 2 aliphatic rings. The minimum Gasteiger partial charge on any atom is -0.379 e. The van der Waals surface area contributed by atoms with Gasteiger partial charge in [-0.15, -0.1) is 0 Å². The molecule has 2 fully saturated rings. The van der Waals surface area contributed by atoms with Crippen LogP contribution in [0.15, 0.2) is 54.6 Å². The molecular weight excluding hydrogens is 428 g/mol. The second-order valence-electron chi connectivity index (χ2n) is 9.47. The Morgan fingerprint density at radius 2 is 1.59 bits per heavy atom. The van der Waals surface area contributed by atoms with Crippen LogP contribution >= 0.6 is 0 Å². The predicted octanol–water partition coefficient (Wildman–Crippen LogP) is 3.17. The van der Waals surface area contributed by atoms with Crippen LogP contribution in [0.3, 0.4) is 0 Å². The van der Waals surface area contributed by atoms with Gasteiger partial charge >= 0.3 is 6.03 Å². The van der Waals surface area contributed by atoms with Gasteiger partial charge in [0.25, 0.3) is 0 Å². The molecule has 34 heavy (non-hydrogen) atoms. The van der Waals surface area contributed by atoms with Crippen LogP contribution in [-0.2, 0) is 22.6 Å². The van der Waals surface area contributed by atoms with Crippen molar-refractivity contribution < 1.29 is 14.3 Å². The second-order valence-corrected chi connectivity index (χ2v) is 9.47. The molecule has 3 atom stereocenters. The molecule has 2 aromatic carbocycles. The van der Waals surface area contributed by atoms with Crippen LogP contribution in [-0.4, -0.2) is 74.0 Å². The van der Waals surface area contributed by atoms with Gasteiger partial charge in [0.1, 0.15) is 0 Å². The molecule has 0 radical (unpaired) electrons. The largest absolute Gasteiger partial charge is 0.379 e. The van der Waals surface area contributed by atoms with E-state index in [1.54, 1.807) is 0 Å². The van der Waals surface area contributed by atoms with Crippen molar-refractivity contribution in [2.45, 2.75) is 45.2 Å². The molecule has 7 heteroatoms. The fourth-order valence-electron chi connectivity index (χ4n) is 4.79. The quantitative estimate of drug-likeness (QED) is 0.626. The third-order valence-corrected chi connectivity index (χ3v) is 6.43. The molecule has 7 nitrogen and oxygen atoms in total. The van der Waals surface area contributed by atoms with Crippen molar-refractivity contribution in [3.05, 3.63) is 71.3 Å². The van der Waals surface area contributed by atoms with Gasteiger partial charge in [-0.3, -0.25) is 9.80 Å². The summed E-state index contributed by atoms with van der Waals surface area (Å²) in [6.45, 7) is 11.6. The number of carbonyl (C=O) groups is 1. The number of amides is 2. The van der Waals surface area contributed by atoms with Crippen molar-refractivity contribution in [2.24, 2.45) is 0 Å². The highest BCUT2D eigenvalue weighted by atomic mass is 16.5. The summed E-state index contributed by atoms with van der Waals surface area (Å²) < 4.78 is 11.3. The minimum atomic E-state index is -0.150. The number of nitrogens with zero attached hydrogens (tertiary/aromatic N) is 2. The maximum Gasteiger partial charge on any atom is 0.315 e. The van der Waals surface area contributed by atoms with E-state index in [1.807, 2.05) is 18.2 Å². The zero-order valence-electron chi connectivity index (χ0n) is 20.4. The van der Waals surface area contributed by atoms with Gasteiger partial charge in [-0.05, 0) is 30.5 Å². The molecule has 2 aromatic rings. The number of nitrogens with one attached hydrogen (secondary N) is 2. The third-order valence-electron chi connectivity index (χ3n) is 6.43. The molecule has 4 rings (SSSR count). The first-order valence-electron chi connectivity index (χ1n) is 12.4. The lowest BCUT2D eigenvalue weighted by Crippen LogP contribution is -2.45. The van der Waals surface area contributed by atoms with Crippen molar-refractivity contribution in [1.82, 2.24) is 20.4 Å². The molecule has 0 aliphatic carbocycles. The van der Waals surface area contributed by atoms with Gasteiger partial charge in [-0.2, -0.15) is 0 Å². The average molecular weight is 467 g/mol. The van der Waals surface area contributed by atoms with Crippen LogP contribution < -0.4 is 10.6 Å². The van der Waals surface area contributed by atoms with E-state index < -0.39 is 0 Å². The Labute approximate surface area is 203 Å². The Bertz CT molecular complexity index is 877. The second kappa shape index (κ2) is 12.3.